The quantitative estimate of drug-likeness (QED) is 0.730. The first-order chi connectivity index (χ1) is 9.78. The molecule has 4 heteroatoms. The summed E-state index contributed by atoms with van der Waals surface area (Å²) >= 11 is 0. The molecule has 0 saturated carbocycles. The van der Waals surface area contributed by atoms with Gasteiger partial charge < -0.3 is 14.9 Å². The van der Waals surface area contributed by atoms with E-state index in [4.69, 9.17) is 14.9 Å². The molecule has 3 rings (SSSR count). The Morgan fingerprint density at radius 2 is 2.05 bits per heavy atom. The number of hydrogen-bond acceptors (Lipinski definition) is 4. The van der Waals surface area contributed by atoms with Crippen LogP contribution in [0.15, 0.2) is 46.9 Å². The third-order valence-electron chi connectivity index (χ3n) is 3.01. The monoisotopic (exact) mass is 268 g/mol. The number of rotatable bonds is 4. The molecule has 0 aliphatic carbocycles. The summed E-state index contributed by atoms with van der Waals surface area (Å²) in [5.41, 5.74) is 9.06. The fourth-order valence-electron chi connectivity index (χ4n) is 2.02. The molecule has 0 saturated heterocycles. The van der Waals surface area contributed by atoms with Crippen molar-refractivity contribution in [2.24, 2.45) is 0 Å². The molecule has 0 fully saturated rings. The molecular weight excluding hydrogens is 252 g/mol. The van der Waals surface area contributed by atoms with Gasteiger partial charge in [-0.05, 0) is 36.8 Å². The van der Waals surface area contributed by atoms with Gasteiger partial charge in [0.25, 0.3) is 0 Å². The van der Waals surface area contributed by atoms with Gasteiger partial charge in [0, 0.05) is 5.56 Å². The maximum absolute atomic E-state index is 6.00. The molecule has 0 radical (unpaired) electrons. The average molecular weight is 268 g/mol. The molecule has 0 aliphatic heterocycles. The topological polar surface area (TPSA) is 61.3 Å². The highest BCUT2D eigenvalue weighted by molar-refractivity contribution is 5.77. The second-order valence-electron chi connectivity index (χ2n) is 4.59. The predicted molar refractivity (Wildman–Crippen MR) is 79.6 cm³/mol. The van der Waals surface area contributed by atoms with E-state index < -0.39 is 0 Å². The number of anilines is 1. The van der Waals surface area contributed by atoms with Crippen LogP contribution in [0.1, 0.15) is 13.3 Å². The lowest BCUT2D eigenvalue weighted by molar-refractivity contribution is 0.319. The van der Waals surface area contributed by atoms with Crippen LogP contribution in [-0.4, -0.2) is 11.6 Å². The molecule has 4 nitrogen and oxygen atoms in total. The molecule has 1 aromatic heterocycles. The fraction of sp³-hybridized carbons (Fsp3) is 0.188. The molecule has 0 amide bonds. The van der Waals surface area contributed by atoms with Crippen molar-refractivity contribution < 1.29 is 9.15 Å². The summed E-state index contributed by atoms with van der Waals surface area (Å²) < 4.78 is 11.3. The Labute approximate surface area is 117 Å². The molecule has 1 heterocycles. The summed E-state index contributed by atoms with van der Waals surface area (Å²) in [5, 5.41) is 0. The number of hydrogen-bond donors (Lipinski definition) is 1. The Morgan fingerprint density at radius 1 is 1.20 bits per heavy atom. The van der Waals surface area contributed by atoms with Crippen molar-refractivity contribution in [1.29, 1.82) is 0 Å². The third kappa shape index (κ3) is 2.32. The zero-order valence-electron chi connectivity index (χ0n) is 11.3. The van der Waals surface area contributed by atoms with Gasteiger partial charge in [-0.3, -0.25) is 0 Å². The molecule has 2 N–H and O–H groups in total. The Morgan fingerprint density at radius 3 is 2.80 bits per heavy atom. The minimum Gasteiger partial charge on any atom is -0.491 e. The predicted octanol–water partition coefficient (Wildman–Crippen LogP) is 3.87. The van der Waals surface area contributed by atoms with E-state index in [2.05, 4.69) is 11.9 Å². The van der Waals surface area contributed by atoms with Crippen LogP contribution in [0.5, 0.6) is 5.75 Å². The molecule has 20 heavy (non-hydrogen) atoms. The van der Waals surface area contributed by atoms with Gasteiger partial charge in [-0.2, -0.15) is 0 Å². The van der Waals surface area contributed by atoms with Gasteiger partial charge in [-0.15, -0.1) is 0 Å². The Balaban J connectivity index is 1.95. The highest BCUT2D eigenvalue weighted by Gasteiger charge is 2.10. The van der Waals surface area contributed by atoms with E-state index in [1.54, 1.807) is 0 Å². The molecule has 0 atom stereocenters. The zero-order valence-corrected chi connectivity index (χ0v) is 11.3. The van der Waals surface area contributed by atoms with Gasteiger partial charge in [-0.25, -0.2) is 4.98 Å². The maximum Gasteiger partial charge on any atom is 0.227 e. The van der Waals surface area contributed by atoms with Crippen LogP contribution in [0.25, 0.3) is 22.6 Å². The van der Waals surface area contributed by atoms with E-state index in [1.807, 2.05) is 42.5 Å². The molecule has 0 unspecified atom stereocenters. The van der Waals surface area contributed by atoms with Gasteiger partial charge >= 0.3 is 0 Å². The minimum atomic E-state index is 0.569. The standard InChI is InChI=1S/C16H16N2O2/c1-2-9-19-14-8-7-11(10-12(14)17)16-18-13-5-3-4-6-15(13)20-16/h3-8,10H,2,9,17H2,1H3. The molecular formula is C16H16N2O2. The van der Waals surface area contributed by atoms with Crippen LogP contribution >= 0.6 is 0 Å². The molecule has 2 aromatic carbocycles. The number of ether oxygens (including phenoxy) is 1. The van der Waals surface area contributed by atoms with Crippen molar-refractivity contribution in [1.82, 2.24) is 4.98 Å². The number of nitrogens with zero attached hydrogens (tertiary/aromatic N) is 1. The number of para-hydroxylation sites is 2. The van der Waals surface area contributed by atoms with Gasteiger partial charge in [0.1, 0.15) is 11.3 Å². The second kappa shape index (κ2) is 5.25. The summed E-state index contributed by atoms with van der Waals surface area (Å²) in [6.45, 7) is 2.72. The van der Waals surface area contributed by atoms with Gasteiger partial charge in [-0.1, -0.05) is 19.1 Å². The molecule has 102 valence electrons. The number of aromatic nitrogens is 1. The lowest BCUT2D eigenvalue weighted by Crippen LogP contribution is -1.99. The van der Waals surface area contributed by atoms with E-state index in [-0.39, 0.29) is 0 Å². The van der Waals surface area contributed by atoms with Gasteiger partial charge in [0.2, 0.25) is 5.89 Å². The van der Waals surface area contributed by atoms with Crippen LogP contribution in [0.2, 0.25) is 0 Å². The average Bonchev–Trinajstić information content (AvgIpc) is 2.90. The Bertz CT molecular complexity index is 701. The van der Waals surface area contributed by atoms with Crippen molar-refractivity contribution in [3.8, 4) is 17.2 Å². The van der Waals surface area contributed by atoms with E-state index in [0.29, 0.717) is 23.9 Å². The number of nitrogen functional groups attached to an aromatic ring is 1. The maximum atomic E-state index is 6.00. The lowest BCUT2D eigenvalue weighted by atomic mass is 10.2. The van der Waals surface area contributed by atoms with Crippen LogP contribution in [0.4, 0.5) is 5.69 Å². The summed E-state index contributed by atoms with van der Waals surface area (Å²) in [7, 11) is 0. The second-order valence-corrected chi connectivity index (χ2v) is 4.59. The highest BCUT2D eigenvalue weighted by atomic mass is 16.5. The highest BCUT2D eigenvalue weighted by Crippen LogP contribution is 2.30. The smallest absolute Gasteiger partial charge is 0.227 e. The van der Waals surface area contributed by atoms with Crippen molar-refractivity contribution in [2.45, 2.75) is 13.3 Å². The Hall–Kier alpha value is -2.49. The van der Waals surface area contributed by atoms with Crippen molar-refractivity contribution in [2.75, 3.05) is 12.3 Å². The zero-order chi connectivity index (χ0) is 13.9. The largest absolute Gasteiger partial charge is 0.491 e. The Kier molecular flexibility index (Phi) is 3.29. The van der Waals surface area contributed by atoms with Gasteiger partial charge in [0.15, 0.2) is 5.58 Å². The van der Waals surface area contributed by atoms with Crippen molar-refractivity contribution >= 4 is 16.8 Å². The van der Waals surface area contributed by atoms with Crippen LogP contribution in [0.3, 0.4) is 0 Å². The number of fused-ring (bicyclic) bond motifs is 1. The fourth-order valence-corrected chi connectivity index (χ4v) is 2.02. The SMILES string of the molecule is CCCOc1ccc(-c2nc3ccccc3o2)cc1N. The van der Waals surface area contributed by atoms with Crippen molar-refractivity contribution in [3.05, 3.63) is 42.5 Å². The summed E-state index contributed by atoms with van der Waals surface area (Å²) in [5.74, 6) is 1.27. The molecule has 0 aliphatic rings. The van der Waals surface area contributed by atoms with E-state index in [9.17, 15) is 0 Å². The summed E-state index contributed by atoms with van der Waals surface area (Å²) in [4.78, 5) is 4.45. The minimum absolute atomic E-state index is 0.569. The van der Waals surface area contributed by atoms with Gasteiger partial charge in [0.05, 0.1) is 12.3 Å². The summed E-state index contributed by atoms with van der Waals surface area (Å²) in [6, 6.07) is 13.3. The first-order valence-electron chi connectivity index (χ1n) is 6.66. The molecule has 0 spiro atoms. The first kappa shape index (κ1) is 12.5. The normalized spacial score (nSPS) is 10.8. The number of benzene rings is 2. The van der Waals surface area contributed by atoms with E-state index in [0.717, 1.165) is 23.1 Å². The van der Waals surface area contributed by atoms with E-state index in [1.165, 1.54) is 0 Å². The number of nitrogens with two attached hydrogens (primary N) is 1. The molecule has 0 bridgehead atoms. The lowest BCUT2D eigenvalue weighted by Gasteiger charge is -2.08. The van der Waals surface area contributed by atoms with Crippen LogP contribution in [0, 0.1) is 0 Å². The van der Waals surface area contributed by atoms with Crippen LogP contribution in [-0.2, 0) is 0 Å². The first-order valence-corrected chi connectivity index (χ1v) is 6.66. The third-order valence-corrected chi connectivity index (χ3v) is 3.01. The van der Waals surface area contributed by atoms with E-state index >= 15 is 0 Å². The molecule has 3 aromatic rings. The number of oxazole rings is 1. The van der Waals surface area contributed by atoms with Crippen LogP contribution < -0.4 is 10.5 Å². The van der Waals surface area contributed by atoms with Crippen molar-refractivity contribution in [3.63, 3.8) is 0 Å². The summed E-state index contributed by atoms with van der Waals surface area (Å²) in [6.07, 6.45) is 0.951.